The van der Waals surface area contributed by atoms with Crippen LogP contribution in [-0.4, -0.2) is 29.6 Å². The van der Waals surface area contributed by atoms with Crippen molar-refractivity contribution in [3.8, 4) is 5.75 Å². The molecule has 0 saturated heterocycles. The highest BCUT2D eigenvalue weighted by Crippen LogP contribution is 2.26. The molecule has 5 nitrogen and oxygen atoms in total. The van der Waals surface area contributed by atoms with E-state index in [4.69, 9.17) is 9.84 Å². The van der Waals surface area contributed by atoms with Crippen molar-refractivity contribution in [2.45, 2.75) is 20.0 Å². The lowest BCUT2D eigenvalue weighted by Crippen LogP contribution is -2.39. The summed E-state index contributed by atoms with van der Waals surface area (Å²) in [5.41, 5.74) is 1.07. The Kier molecular flexibility index (Phi) is 5.15. The van der Waals surface area contributed by atoms with Crippen LogP contribution >= 0.6 is 15.9 Å². The van der Waals surface area contributed by atoms with Crippen molar-refractivity contribution in [3.63, 3.8) is 0 Å². The van der Waals surface area contributed by atoms with Gasteiger partial charge in [-0.1, -0.05) is 6.07 Å². The SMILES string of the molecule is Cc1ccc(OC(C)C(=O)NCC(=O)O)c(Br)c1. The van der Waals surface area contributed by atoms with E-state index in [-0.39, 0.29) is 0 Å². The van der Waals surface area contributed by atoms with Gasteiger partial charge >= 0.3 is 5.97 Å². The Balaban J connectivity index is 2.60. The Labute approximate surface area is 113 Å². The first kappa shape index (κ1) is 14.5. The third kappa shape index (κ3) is 4.37. The predicted molar refractivity (Wildman–Crippen MR) is 69.6 cm³/mol. The molecule has 18 heavy (non-hydrogen) atoms. The first-order valence-corrected chi connectivity index (χ1v) is 6.11. The van der Waals surface area contributed by atoms with Crippen LogP contribution in [0.4, 0.5) is 0 Å². The molecule has 0 aliphatic carbocycles. The minimum Gasteiger partial charge on any atom is -0.480 e. The first-order chi connectivity index (χ1) is 8.40. The summed E-state index contributed by atoms with van der Waals surface area (Å²) in [6.07, 6.45) is -0.761. The Bertz CT molecular complexity index is 461. The fourth-order valence-electron chi connectivity index (χ4n) is 1.25. The summed E-state index contributed by atoms with van der Waals surface area (Å²) in [6, 6.07) is 5.49. The Hall–Kier alpha value is -1.56. The van der Waals surface area contributed by atoms with Crippen molar-refractivity contribution in [2.75, 3.05) is 6.54 Å². The van der Waals surface area contributed by atoms with Gasteiger partial charge in [-0.25, -0.2) is 0 Å². The van der Waals surface area contributed by atoms with Gasteiger partial charge in [-0.2, -0.15) is 0 Å². The van der Waals surface area contributed by atoms with Crippen LogP contribution in [0.2, 0.25) is 0 Å². The fraction of sp³-hybridized carbons (Fsp3) is 0.333. The normalized spacial score (nSPS) is 11.7. The number of carboxylic acid groups (broad SMARTS) is 1. The van der Waals surface area contributed by atoms with Gasteiger partial charge in [0, 0.05) is 0 Å². The summed E-state index contributed by atoms with van der Waals surface area (Å²) >= 11 is 3.34. The zero-order valence-corrected chi connectivity index (χ0v) is 11.7. The Morgan fingerprint density at radius 2 is 2.17 bits per heavy atom. The fourth-order valence-corrected chi connectivity index (χ4v) is 1.84. The van der Waals surface area contributed by atoms with Gasteiger partial charge in [0.05, 0.1) is 4.47 Å². The quantitative estimate of drug-likeness (QED) is 0.867. The number of benzene rings is 1. The average Bonchev–Trinajstić information content (AvgIpc) is 2.29. The van der Waals surface area contributed by atoms with E-state index in [0.29, 0.717) is 5.75 Å². The lowest BCUT2D eigenvalue weighted by atomic mass is 10.2. The largest absolute Gasteiger partial charge is 0.480 e. The van der Waals surface area contributed by atoms with Crippen molar-refractivity contribution in [2.24, 2.45) is 0 Å². The van der Waals surface area contributed by atoms with Gasteiger partial charge in [0.1, 0.15) is 12.3 Å². The monoisotopic (exact) mass is 315 g/mol. The molecule has 2 N–H and O–H groups in total. The maximum Gasteiger partial charge on any atom is 0.322 e. The van der Waals surface area contributed by atoms with Crippen molar-refractivity contribution in [3.05, 3.63) is 28.2 Å². The van der Waals surface area contributed by atoms with E-state index in [2.05, 4.69) is 21.2 Å². The minimum atomic E-state index is -1.09. The van der Waals surface area contributed by atoms with Crippen LogP contribution in [0.25, 0.3) is 0 Å². The van der Waals surface area contributed by atoms with Crippen LogP contribution in [0.1, 0.15) is 12.5 Å². The number of carboxylic acids is 1. The lowest BCUT2D eigenvalue weighted by Gasteiger charge is -2.15. The van der Waals surface area contributed by atoms with E-state index in [9.17, 15) is 9.59 Å². The van der Waals surface area contributed by atoms with Gasteiger partial charge in [-0.15, -0.1) is 0 Å². The molecule has 0 fully saturated rings. The summed E-state index contributed by atoms with van der Waals surface area (Å²) in [4.78, 5) is 21.8. The van der Waals surface area contributed by atoms with Crippen LogP contribution in [0.3, 0.4) is 0 Å². The molecule has 1 rings (SSSR count). The van der Waals surface area contributed by atoms with Gasteiger partial charge in [-0.3, -0.25) is 9.59 Å². The predicted octanol–water partition coefficient (Wildman–Crippen LogP) is 1.73. The first-order valence-electron chi connectivity index (χ1n) is 5.32. The van der Waals surface area contributed by atoms with E-state index in [0.717, 1.165) is 10.0 Å². The highest BCUT2D eigenvalue weighted by Gasteiger charge is 2.16. The summed E-state index contributed by atoms with van der Waals surface area (Å²) in [7, 11) is 0. The summed E-state index contributed by atoms with van der Waals surface area (Å²) < 4.78 is 6.19. The topological polar surface area (TPSA) is 75.6 Å². The van der Waals surface area contributed by atoms with E-state index in [1.54, 1.807) is 13.0 Å². The van der Waals surface area contributed by atoms with Crippen LogP contribution < -0.4 is 10.1 Å². The number of carbonyl (C=O) groups excluding carboxylic acids is 1. The number of aliphatic carboxylic acids is 1. The van der Waals surface area contributed by atoms with Gasteiger partial charge in [0.25, 0.3) is 5.91 Å². The van der Waals surface area contributed by atoms with E-state index in [1.807, 2.05) is 19.1 Å². The van der Waals surface area contributed by atoms with Gasteiger partial charge < -0.3 is 15.2 Å². The van der Waals surface area contributed by atoms with E-state index < -0.39 is 24.5 Å². The van der Waals surface area contributed by atoms with Crippen molar-refractivity contribution in [1.29, 1.82) is 0 Å². The number of halogens is 1. The van der Waals surface area contributed by atoms with Crippen molar-refractivity contribution in [1.82, 2.24) is 5.32 Å². The van der Waals surface area contributed by atoms with Gasteiger partial charge in [0.15, 0.2) is 6.10 Å². The standard InChI is InChI=1S/C12H14BrNO4/c1-7-3-4-10(9(13)5-7)18-8(2)12(17)14-6-11(15)16/h3-5,8H,6H2,1-2H3,(H,14,17)(H,15,16). The number of rotatable bonds is 5. The lowest BCUT2D eigenvalue weighted by molar-refractivity contribution is -0.139. The van der Waals surface area contributed by atoms with Gasteiger partial charge in [0.2, 0.25) is 0 Å². The molecule has 0 radical (unpaired) electrons. The summed E-state index contributed by atoms with van der Waals surface area (Å²) in [5.74, 6) is -1.02. The van der Waals surface area contributed by atoms with Crippen LogP contribution in [-0.2, 0) is 9.59 Å². The zero-order chi connectivity index (χ0) is 13.7. The number of ether oxygens (including phenoxy) is 1. The molecule has 1 atom stereocenters. The number of nitrogens with one attached hydrogen (secondary N) is 1. The highest BCUT2D eigenvalue weighted by molar-refractivity contribution is 9.10. The summed E-state index contributed by atoms with van der Waals surface area (Å²) in [6.45, 7) is 3.09. The van der Waals surface area contributed by atoms with Crippen molar-refractivity contribution < 1.29 is 19.4 Å². The Morgan fingerprint density at radius 3 is 2.72 bits per heavy atom. The maximum absolute atomic E-state index is 11.5. The molecule has 0 aliphatic rings. The third-order valence-corrected chi connectivity index (χ3v) is 2.79. The molecule has 1 aromatic carbocycles. The molecule has 0 saturated carbocycles. The second-order valence-corrected chi connectivity index (χ2v) is 4.66. The number of carbonyl (C=O) groups is 2. The number of amides is 1. The molecule has 0 spiro atoms. The van der Waals surface area contributed by atoms with E-state index >= 15 is 0 Å². The highest BCUT2D eigenvalue weighted by atomic mass is 79.9. The third-order valence-electron chi connectivity index (χ3n) is 2.17. The molecule has 0 aromatic heterocycles. The number of hydrogen-bond donors (Lipinski definition) is 2. The smallest absolute Gasteiger partial charge is 0.322 e. The zero-order valence-electron chi connectivity index (χ0n) is 10.1. The molecule has 0 bridgehead atoms. The molecule has 98 valence electrons. The molecule has 6 heteroatoms. The molecule has 0 heterocycles. The Morgan fingerprint density at radius 1 is 1.50 bits per heavy atom. The van der Waals surface area contributed by atoms with E-state index in [1.165, 1.54) is 0 Å². The molecule has 0 aliphatic heterocycles. The number of hydrogen-bond acceptors (Lipinski definition) is 3. The van der Waals surface area contributed by atoms with Crippen molar-refractivity contribution >= 4 is 27.8 Å². The van der Waals surface area contributed by atoms with Crippen LogP contribution in [0.15, 0.2) is 22.7 Å². The maximum atomic E-state index is 11.5. The van der Waals surface area contributed by atoms with Crippen LogP contribution in [0, 0.1) is 6.92 Å². The van der Waals surface area contributed by atoms with Gasteiger partial charge in [-0.05, 0) is 47.5 Å². The van der Waals surface area contributed by atoms with Crippen LogP contribution in [0.5, 0.6) is 5.75 Å². The molecular weight excluding hydrogens is 302 g/mol. The molecule has 1 amide bonds. The second-order valence-electron chi connectivity index (χ2n) is 3.81. The molecular formula is C12H14BrNO4. The number of aryl methyl sites for hydroxylation is 1. The minimum absolute atomic E-state index is 0.415. The summed E-state index contributed by atoms with van der Waals surface area (Å²) in [5, 5.41) is 10.7. The second kappa shape index (κ2) is 6.39. The molecule has 1 aromatic rings. The molecule has 1 unspecified atom stereocenters. The average molecular weight is 316 g/mol.